The summed E-state index contributed by atoms with van der Waals surface area (Å²) >= 11 is 3.45. The minimum atomic E-state index is -0.452. The zero-order valence-electron chi connectivity index (χ0n) is 13.5. The third kappa shape index (κ3) is 3.93. The van der Waals surface area contributed by atoms with Crippen LogP contribution >= 0.6 is 23.1 Å². The van der Waals surface area contributed by atoms with E-state index in [1.54, 1.807) is 6.92 Å². The number of nitrogens with zero attached hydrogens (tertiary/aromatic N) is 1. The Hall–Kier alpha value is -1.51. The van der Waals surface area contributed by atoms with Crippen molar-refractivity contribution in [3.63, 3.8) is 0 Å². The molecule has 0 aliphatic carbocycles. The summed E-state index contributed by atoms with van der Waals surface area (Å²) in [5, 5.41) is 7.62. The summed E-state index contributed by atoms with van der Waals surface area (Å²) in [5.41, 5.74) is 1.17. The number of ether oxygens (including phenoxy) is 1. The van der Waals surface area contributed by atoms with E-state index < -0.39 is 6.04 Å². The van der Waals surface area contributed by atoms with Gasteiger partial charge in [-0.25, -0.2) is 9.59 Å². The van der Waals surface area contributed by atoms with E-state index in [4.69, 9.17) is 4.74 Å². The lowest BCUT2D eigenvalue weighted by molar-refractivity contribution is -0.139. The molecule has 24 heavy (non-hydrogen) atoms. The van der Waals surface area contributed by atoms with Crippen molar-refractivity contribution in [1.82, 2.24) is 15.5 Å². The highest BCUT2D eigenvalue weighted by molar-refractivity contribution is 7.99. The molecule has 0 aromatic carbocycles. The molecule has 2 N–H and O–H groups in total. The molecule has 1 aromatic heterocycles. The first kappa shape index (κ1) is 17.3. The Labute approximate surface area is 149 Å². The maximum Gasteiger partial charge on any atom is 0.338 e. The second-order valence-electron chi connectivity index (χ2n) is 5.55. The highest BCUT2D eigenvalue weighted by atomic mass is 32.2. The third-order valence-corrected chi connectivity index (χ3v) is 5.84. The van der Waals surface area contributed by atoms with Crippen molar-refractivity contribution in [2.24, 2.45) is 0 Å². The van der Waals surface area contributed by atoms with Gasteiger partial charge in [0.1, 0.15) is 0 Å². The average Bonchev–Trinajstić information content (AvgIpc) is 3.10. The van der Waals surface area contributed by atoms with Gasteiger partial charge in [0.05, 0.1) is 18.2 Å². The highest BCUT2D eigenvalue weighted by Crippen LogP contribution is 2.31. The summed E-state index contributed by atoms with van der Waals surface area (Å²) < 4.78 is 5.26. The van der Waals surface area contributed by atoms with Crippen molar-refractivity contribution < 1.29 is 14.3 Å². The van der Waals surface area contributed by atoms with Crippen LogP contribution in [0.1, 0.15) is 17.8 Å². The van der Waals surface area contributed by atoms with E-state index in [0.717, 1.165) is 29.5 Å². The first-order chi connectivity index (χ1) is 11.7. The molecule has 0 radical (unpaired) electrons. The molecule has 1 saturated heterocycles. The summed E-state index contributed by atoms with van der Waals surface area (Å²) in [5.74, 6) is 1.77. The number of thiophene rings is 1. The molecule has 3 rings (SSSR count). The molecule has 2 amide bonds. The standard InChI is InChI=1S/C16H21N3O3S2/c1-2-22-15(20)13-11(10-19-5-8-23-9-6-19)17-16(21)18-14(13)12-4-3-7-24-12/h3-4,7,14H,2,5-6,8-10H2,1H3,(H2,17,18,21)/t14-/m1/s1. The Bertz CT molecular complexity index is 625. The number of hydrogen-bond donors (Lipinski definition) is 2. The Morgan fingerprint density at radius 3 is 2.88 bits per heavy atom. The summed E-state index contributed by atoms with van der Waals surface area (Å²) in [6.45, 7) is 4.56. The quantitative estimate of drug-likeness (QED) is 0.779. The minimum Gasteiger partial charge on any atom is -0.463 e. The number of hydrogen-bond acceptors (Lipinski definition) is 6. The van der Waals surface area contributed by atoms with Gasteiger partial charge in [0.25, 0.3) is 0 Å². The molecular weight excluding hydrogens is 346 g/mol. The van der Waals surface area contributed by atoms with E-state index in [9.17, 15) is 9.59 Å². The lowest BCUT2D eigenvalue weighted by atomic mass is 10.0. The molecule has 1 atom stereocenters. The van der Waals surface area contributed by atoms with E-state index in [-0.39, 0.29) is 12.0 Å². The molecule has 130 valence electrons. The van der Waals surface area contributed by atoms with Gasteiger partial charge >= 0.3 is 12.0 Å². The normalized spacial score (nSPS) is 22.0. The number of carbonyl (C=O) groups excluding carboxylic acids is 2. The fourth-order valence-electron chi connectivity index (χ4n) is 2.84. The molecule has 0 bridgehead atoms. The van der Waals surface area contributed by atoms with Gasteiger partial charge in [-0.05, 0) is 18.4 Å². The molecule has 2 aliphatic rings. The smallest absolute Gasteiger partial charge is 0.338 e. The Balaban J connectivity index is 1.93. The third-order valence-electron chi connectivity index (χ3n) is 3.96. The molecule has 0 unspecified atom stereocenters. The number of amides is 2. The predicted molar refractivity (Wildman–Crippen MR) is 96.2 cm³/mol. The summed E-state index contributed by atoms with van der Waals surface area (Å²) in [6.07, 6.45) is 0. The van der Waals surface area contributed by atoms with Gasteiger partial charge in [0.15, 0.2) is 0 Å². The Kier molecular flexibility index (Phi) is 5.80. The molecule has 3 heterocycles. The number of rotatable bonds is 5. The SMILES string of the molecule is CCOC(=O)C1=C(CN2CCSCC2)NC(=O)N[C@@H]1c1cccs1. The van der Waals surface area contributed by atoms with Gasteiger partial charge in [-0.2, -0.15) is 11.8 Å². The maximum atomic E-state index is 12.6. The zero-order chi connectivity index (χ0) is 16.9. The molecule has 1 aromatic rings. The van der Waals surface area contributed by atoms with Crippen molar-refractivity contribution >= 4 is 35.1 Å². The summed E-state index contributed by atoms with van der Waals surface area (Å²) in [6, 6.07) is 3.11. The lowest BCUT2D eigenvalue weighted by Gasteiger charge is -2.32. The van der Waals surface area contributed by atoms with Crippen molar-refractivity contribution in [2.75, 3.05) is 37.7 Å². The highest BCUT2D eigenvalue weighted by Gasteiger charge is 2.34. The molecular formula is C16H21N3O3S2. The number of esters is 1. The van der Waals surface area contributed by atoms with E-state index in [1.165, 1.54) is 11.3 Å². The topological polar surface area (TPSA) is 70.7 Å². The van der Waals surface area contributed by atoms with Gasteiger partial charge in [-0.15, -0.1) is 11.3 Å². The minimum absolute atomic E-state index is 0.275. The predicted octanol–water partition coefficient (Wildman–Crippen LogP) is 1.97. The van der Waals surface area contributed by atoms with Crippen LogP contribution in [0.15, 0.2) is 28.8 Å². The number of thioether (sulfide) groups is 1. The van der Waals surface area contributed by atoms with E-state index in [2.05, 4.69) is 15.5 Å². The van der Waals surface area contributed by atoms with E-state index in [1.807, 2.05) is 29.3 Å². The van der Waals surface area contributed by atoms with Crippen LogP contribution in [0.5, 0.6) is 0 Å². The van der Waals surface area contributed by atoms with Crippen LogP contribution in [0, 0.1) is 0 Å². The lowest BCUT2D eigenvalue weighted by Crippen LogP contribution is -2.49. The van der Waals surface area contributed by atoms with Crippen LogP contribution in [-0.2, 0) is 9.53 Å². The molecule has 2 aliphatic heterocycles. The molecule has 0 saturated carbocycles. The van der Waals surface area contributed by atoms with Crippen LogP contribution in [-0.4, -0.2) is 54.6 Å². The number of nitrogens with one attached hydrogen (secondary N) is 2. The zero-order valence-corrected chi connectivity index (χ0v) is 15.2. The summed E-state index contributed by atoms with van der Waals surface area (Å²) in [7, 11) is 0. The Morgan fingerprint density at radius 1 is 1.42 bits per heavy atom. The largest absolute Gasteiger partial charge is 0.463 e. The molecule has 8 heteroatoms. The average molecular weight is 367 g/mol. The van der Waals surface area contributed by atoms with Crippen LogP contribution < -0.4 is 10.6 Å². The van der Waals surface area contributed by atoms with Gasteiger partial charge < -0.3 is 15.4 Å². The second kappa shape index (κ2) is 8.04. The fraction of sp³-hybridized carbons (Fsp3) is 0.500. The van der Waals surface area contributed by atoms with Gasteiger partial charge in [0, 0.05) is 41.7 Å². The van der Waals surface area contributed by atoms with Gasteiger partial charge in [-0.3, -0.25) is 4.90 Å². The maximum absolute atomic E-state index is 12.6. The van der Waals surface area contributed by atoms with Crippen molar-refractivity contribution in [1.29, 1.82) is 0 Å². The van der Waals surface area contributed by atoms with Gasteiger partial charge in [0.2, 0.25) is 0 Å². The Morgan fingerprint density at radius 2 is 2.21 bits per heavy atom. The number of urea groups is 1. The molecule has 6 nitrogen and oxygen atoms in total. The van der Waals surface area contributed by atoms with Crippen LogP contribution in [0.4, 0.5) is 4.79 Å². The number of carbonyl (C=O) groups is 2. The first-order valence-corrected chi connectivity index (χ1v) is 10.0. The van der Waals surface area contributed by atoms with E-state index in [0.29, 0.717) is 24.4 Å². The fourth-order valence-corrected chi connectivity index (χ4v) is 4.61. The van der Waals surface area contributed by atoms with Crippen LogP contribution in [0.25, 0.3) is 0 Å². The van der Waals surface area contributed by atoms with Gasteiger partial charge in [-0.1, -0.05) is 6.07 Å². The van der Waals surface area contributed by atoms with Crippen molar-refractivity contribution in [3.05, 3.63) is 33.7 Å². The second-order valence-corrected chi connectivity index (χ2v) is 7.75. The van der Waals surface area contributed by atoms with Crippen LogP contribution in [0.3, 0.4) is 0 Å². The summed E-state index contributed by atoms with van der Waals surface area (Å²) in [4.78, 5) is 27.9. The first-order valence-electron chi connectivity index (χ1n) is 8.00. The molecule has 1 fully saturated rings. The monoisotopic (exact) mass is 367 g/mol. The van der Waals surface area contributed by atoms with E-state index >= 15 is 0 Å². The van der Waals surface area contributed by atoms with Crippen LogP contribution in [0.2, 0.25) is 0 Å². The molecule has 0 spiro atoms. The van der Waals surface area contributed by atoms with Crippen molar-refractivity contribution in [3.8, 4) is 0 Å². The van der Waals surface area contributed by atoms with Crippen molar-refractivity contribution in [2.45, 2.75) is 13.0 Å².